The van der Waals surface area contributed by atoms with Gasteiger partial charge in [0.15, 0.2) is 0 Å². The molecule has 0 aliphatic heterocycles. The fourth-order valence-corrected chi connectivity index (χ4v) is 2.85. The van der Waals surface area contributed by atoms with Crippen molar-refractivity contribution in [3.8, 4) is 5.75 Å². The molecule has 29 heavy (non-hydrogen) atoms. The van der Waals surface area contributed by atoms with Crippen LogP contribution in [0.25, 0.3) is 12.2 Å². The minimum atomic E-state index is -0.408. The molecule has 0 unspecified atom stereocenters. The van der Waals surface area contributed by atoms with Gasteiger partial charge in [-0.1, -0.05) is 41.9 Å². The summed E-state index contributed by atoms with van der Waals surface area (Å²) in [7, 11) is 3.94. The molecule has 0 bridgehead atoms. The van der Waals surface area contributed by atoms with Crippen molar-refractivity contribution in [3.63, 3.8) is 0 Å². The molecule has 1 aromatic heterocycles. The van der Waals surface area contributed by atoms with Crippen molar-refractivity contribution in [2.75, 3.05) is 27.2 Å². The SMILES string of the molecule is CN(C)CCOc1ccc(/C=c2\[nH]c(=O)/c(=C/c3ccccc3)[nH]c2=O)c(Cl)c1. The number of nitrogens with one attached hydrogen (secondary N) is 2. The number of ether oxygens (including phenoxy) is 1. The topological polar surface area (TPSA) is 78.2 Å². The van der Waals surface area contributed by atoms with Gasteiger partial charge in [-0.25, -0.2) is 0 Å². The molecule has 2 N–H and O–H groups in total. The lowest BCUT2D eigenvalue weighted by Crippen LogP contribution is -2.46. The summed E-state index contributed by atoms with van der Waals surface area (Å²) in [5, 5.41) is 0.741. The number of halogens is 1. The van der Waals surface area contributed by atoms with Crippen molar-refractivity contribution >= 4 is 23.8 Å². The third-order valence-electron chi connectivity index (χ3n) is 4.18. The van der Waals surface area contributed by atoms with Crippen LogP contribution in [0.1, 0.15) is 11.1 Å². The van der Waals surface area contributed by atoms with Gasteiger partial charge in [0.1, 0.15) is 23.1 Å². The Morgan fingerprint density at radius 3 is 2.24 bits per heavy atom. The van der Waals surface area contributed by atoms with Crippen LogP contribution in [-0.2, 0) is 0 Å². The lowest BCUT2D eigenvalue weighted by atomic mass is 10.2. The average molecular weight is 412 g/mol. The first kappa shape index (κ1) is 20.6. The van der Waals surface area contributed by atoms with Gasteiger partial charge in [0.2, 0.25) is 0 Å². The zero-order valence-corrected chi connectivity index (χ0v) is 17.0. The van der Waals surface area contributed by atoms with Crippen molar-refractivity contribution in [2.45, 2.75) is 0 Å². The van der Waals surface area contributed by atoms with Crippen LogP contribution in [0, 0.1) is 0 Å². The molecule has 0 spiro atoms. The first-order valence-electron chi connectivity index (χ1n) is 9.10. The molecule has 6 nitrogen and oxygen atoms in total. The minimum absolute atomic E-state index is 0.128. The smallest absolute Gasteiger partial charge is 0.272 e. The molecule has 150 valence electrons. The molecule has 0 amide bonds. The molecule has 0 atom stereocenters. The summed E-state index contributed by atoms with van der Waals surface area (Å²) in [5.41, 5.74) is 0.625. The van der Waals surface area contributed by atoms with Gasteiger partial charge in [-0.3, -0.25) is 9.59 Å². The summed E-state index contributed by atoms with van der Waals surface area (Å²) in [5.74, 6) is 0.643. The van der Waals surface area contributed by atoms with Gasteiger partial charge in [0, 0.05) is 6.54 Å². The number of aromatic amines is 2. The quantitative estimate of drug-likeness (QED) is 0.641. The first-order chi connectivity index (χ1) is 13.9. The molecule has 1 heterocycles. The van der Waals surface area contributed by atoms with E-state index in [1.165, 1.54) is 0 Å². The largest absolute Gasteiger partial charge is 0.492 e. The van der Waals surface area contributed by atoms with Crippen LogP contribution in [0.15, 0.2) is 58.1 Å². The summed E-state index contributed by atoms with van der Waals surface area (Å²) in [4.78, 5) is 32.0. The molecule has 2 aromatic carbocycles. The van der Waals surface area contributed by atoms with E-state index in [1.807, 2.05) is 49.3 Å². The van der Waals surface area contributed by atoms with Gasteiger partial charge in [0.25, 0.3) is 11.1 Å². The number of nitrogens with zero attached hydrogens (tertiary/aromatic N) is 1. The van der Waals surface area contributed by atoms with Crippen LogP contribution in [0.2, 0.25) is 5.02 Å². The van der Waals surface area contributed by atoms with Crippen molar-refractivity contribution < 1.29 is 4.74 Å². The number of benzene rings is 2. The molecule has 0 aliphatic rings. The zero-order valence-electron chi connectivity index (χ0n) is 16.2. The molecule has 0 radical (unpaired) electrons. The molecule has 7 heteroatoms. The van der Waals surface area contributed by atoms with Crippen molar-refractivity contribution in [2.24, 2.45) is 0 Å². The number of hydrogen-bond acceptors (Lipinski definition) is 4. The third kappa shape index (κ3) is 5.70. The molecular weight excluding hydrogens is 390 g/mol. The average Bonchev–Trinajstić information content (AvgIpc) is 2.68. The van der Waals surface area contributed by atoms with E-state index in [0.29, 0.717) is 22.9 Å². The van der Waals surface area contributed by atoms with E-state index in [1.54, 1.807) is 30.4 Å². The number of rotatable bonds is 6. The highest BCUT2D eigenvalue weighted by Gasteiger charge is 2.03. The molecule has 0 aliphatic carbocycles. The van der Waals surface area contributed by atoms with Crippen molar-refractivity contribution in [3.05, 3.63) is 96.1 Å². The number of likely N-dealkylation sites (N-methyl/N-ethyl adjacent to an activating group) is 1. The van der Waals surface area contributed by atoms with E-state index >= 15 is 0 Å². The van der Waals surface area contributed by atoms with Crippen LogP contribution < -0.4 is 26.6 Å². The standard InChI is InChI=1S/C22H22ClN3O3/c1-26(2)10-11-29-17-9-8-16(18(23)14-17)13-20-22(28)24-19(21(27)25-20)12-15-6-4-3-5-7-15/h3-9,12-14H,10-11H2,1-2H3,(H,24,28)(H,25,27)/b19-12-,20-13-. The summed E-state index contributed by atoms with van der Waals surface area (Å²) in [6.45, 7) is 1.33. The van der Waals surface area contributed by atoms with Gasteiger partial charge in [-0.2, -0.15) is 0 Å². The Morgan fingerprint density at radius 2 is 1.62 bits per heavy atom. The fraction of sp³-hybridized carbons (Fsp3) is 0.182. The maximum Gasteiger partial charge on any atom is 0.272 e. The lowest BCUT2D eigenvalue weighted by Gasteiger charge is -2.11. The number of H-pyrrole nitrogens is 2. The van der Waals surface area contributed by atoms with Crippen molar-refractivity contribution in [1.29, 1.82) is 0 Å². The van der Waals surface area contributed by atoms with Gasteiger partial charge < -0.3 is 19.6 Å². The summed E-state index contributed by atoms with van der Waals surface area (Å²) in [6, 6.07) is 14.5. The Balaban J connectivity index is 1.91. The maximum atomic E-state index is 12.4. The Morgan fingerprint density at radius 1 is 0.966 bits per heavy atom. The van der Waals surface area contributed by atoms with Crippen LogP contribution in [0.4, 0.5) is 0 Å². The number of hydrogen-bond donors (Lipinski definition) is 2. The van der Waals surface area contributed by atoms with E-state index in [0.717, 1.165) is 12.1 Å². The van der Waals surface area contributed by atoms with Crippen LogP contribution in [0.3, 0.4) is 0 Å². The summed E-state index contributed by atoms with van der Waals surface area (Å²) in [6.07, 6.45) is 3.16. The predicted octanol–water partition coefficient (Wildman–Crippen LogP) is 1.31. The zero-order chi connectivity index (χ0) is 20.8. The Labute approximate surface area is 172 Å². The second kappa shape index (κ2) is 9.41. The van der Waals surface area contributed by atoms with E-state index in [4.69, 9.17) is 16.3 Å². The Bertz CT molecular complexity index is 1210. The second-order valence-electron chi connectivity index (χ2n) is 6.77. The van der Waals surface area contributed by atoms with Gasteiger partial charge >= 0.3 is 0 Å². The van der Waals surface area contributed by atoms with E-state index < -0.39 is 5.56 Å². The van der Waals surface area contributed by atoms with Crippen LogP contribution >= 0.6 is 11.6 Å². The minimum Gasteiger partial charge on any atom is -0.492 e. The molecule has 0 saturated carbocycles. The molecule has 3 rings (SSSR count). The van der Waals surface area contributed by atoms with E-state index in [9.17, 15) is 9.59 Å². The van der Waals surface area contributed by atoms with Gasteiger partial charge in [-0.15, -0.1) is 0 Å². The highest BCUT2D eigenvalue weighted by atomic mass is 35.5. The van der Waals surface area contributed by atoms with Crippen LogP contribution in [-0.4, -0.2) is 42.1 Å². The fourth-order valence-electron chi connectivity index (χ4n) is 2.63. The van der Waals surface area contributed by atoms with E-state index in [-0.39, 0.29) is 16.3 Å². The van der Waals surface area contributed by atoms with E-state index in [2.05, 4.69) is 9.97 Å². The second-order valence-corrected chi connectivity index (χ2v) is 7.18. The highest BCUT2D eigenvalue weighted by Crippen LogP contribution is 2.22. The molecule has 0 fully saturated rings. The molecule has 0 saturated heterocycles. The van der Waals surface area contributed by atoms with Gasteiger partial charge in [-0.05, 0) is 55.6 Å². The Hall–Kier alpha value is -3.09. The number of aromatic nitrogens is 2. The predicted molar refractivity (Wildman–Crippen MR) is 116 cm³/mol. The maximum absolute atomic E-state index is 12.4. The normalized spacial score (nSPS) is 12.6. The highest BCUT2D eigenvalue weighted by molar-refractivity contribution is 6.32. The first-order valence-corrected chi connectivity index (χ1v) is 9.48. The summed E-state index contributed by atoms with van der Waals surface area (Å²) < 4.78 is 5.65. The molecule has 3 aromatic rings. The molecular formula is C22H22ClN3O3. The Kier molecular flexibility index (Phi) is 6.69. The third-order valence-corrected chi connectivity index (χ3v) is 4.50. The summed E-state index contributed by atoms with van der Waals surface area (Å²) >= 11 is 6.32. The van der Waals surface area contributed by atoms with Crippen LogP contribution in [0.5, 0.6) is 5.75 Å². The monoisotopic (exact) mass is 411 g/mol. The van der Waals surface area contributed by atoms with Gasteiger partial charge in [0.05, 0.1) is 5.02 Å². The lowest BCUT2D eigenvalue weighted by molar-refractivity contribution is 0.261. The van der Waals surface area contributed by atoms with Crippen molar-refractivity contribution in [1.82, 2.24) is 14.9 Å².